The zero-order chi connectivity index (χ0) is 14.7. The highest BCUT2D eigenvalue weighted by molar-refractivity contribution is 5.78. The number of benzene rings is 1. The van der Waals surface area contributed by atoms with Gasteiger partial charge >= 0.3 is 0 Å². The molecule has 2 heterocycles. The molecule has 114 valence electrons. The Morgan fingerprint density at radius 1 is 1.29 bits per heavy atom. The summed E-state index contributed by atoms with van der Waals surface area (Å²) in [5.74, 6) is -0.00241. The van der Waals surface area contributed by atoms with Crippen LogP contribution in [0.15, 0.2) is 24.3 Å². The molecule has 2 N–H and O–H groups in total. The fourth-order valence-corrected chi connectivity index (χ4v) is 2.73. The Hall–Kier alpha value is -1.79. The number of likely N-dealkylation sites (tertiary alicyclic amines) is 1. The maximum Gasteiger partial charge on any atom is 0.260 e. The van der Waals surface area contributed by atoms with E-state index in [-0.39, 0.29) is 12.5 Å². The minimum atomic E-state index is -0.588. The molecule has 0 bridgehead atoms. The van der Waals surface area contributed by atoms with Gasteiger partial charge in [-0.15, -0.1) is 0 Å². The number of nitrogen functional groups attached to an aromatic ring is 1. The van der Waals surface area contributed by atoms with Crippen molar-refractivity contribution in [3.63, 3.8) is 0 Å². The van der Waals surface area contributed by atoms with Crippen LogP contribution in [-0.2, 0) is 14.3 Å². The highest BCUT2D eigenvalue weighted by Gasteiger charge is 2.42. The number of anilines is 1. The number of nitrogens with zero attached hydrogens (tertiary/aromatic N) is 1. The Morgan fingerprint density at radius 2 is 2.00 bits per heavy atom. The number of piperidine rings is 1. The number of ether oxygens (including phenoxy) is 3. The van der Waals surface area contributed by atoms with Crippen LogP contribution in [0.5, 0.6) is 5.75 Å². The molecule has 1 aromatic carbocycles. The molecular weight excluding hydrogens is 272 g/mol. The SMILES string of the molecule is Nc1ccc(OCC(=O)N2CCCC3(C2)OCCO3)cc1. The summed E-state index contributed by atoms with van der Waals surface area (Å²) in [5.41, 5.74) is 6.28. The third kappa shape index (κ3) is 3.28. The number of carbonyl (C=O) groups is 1. The van der Waals surface area contributed by atoms with Crippen molar-refractivity contribution in [2.75, 3.05) is 38.6 Å². The first-order valence-electron chi connectivity index (χ1n) is 7.21. The Bertz CT molecular complexity index is 497. The lowest BCUT2D eigenvalue weighted by molar-refractivity contribution is -0.193. The fourth-order valence-electron chi connectivity index (χ4n) is 2.73. The van der Waals surface area contributed by atoms with Gasteiger partial charge in [-0.2, -0.15) is 0 Å². The normalized spacial score (nSPS) is 20.7. The van der Waals surface area contributed by atoms with E-state index in [4.69, 9.17) is 19.9 Å². The molecule has 1 amide bonds. The highest BCUT2D eigenvalue weighted by Crippen LogP contribution is 2.30. The molecule has 6 heteroatoms. The molecule has 3 rings (SSSR count). The van der Waals surface area contributed by atoms with E-state index < -0.39 is 5.79 Å². The summed E-state index contributed by atoms with van der Waals surface area (Å²) in [5, 5.41) is 0. The fraction of sp³-hybridized carbons (Fsp3) is 0.533. The summed E-state index contributed by atoms with van der Waals surface area (Å²) in [6.07, 6.45) is 1.73. The molecule has 2 saturated heterocycles. The number of hydrogen-bond acceptors (Lipinski definition) is 5. The zero-order valence-corrected chi connectivity index (χ0v) is 11.9. The first-order chi connectivity index (χ1) is 10.2. The van der Waals surface area contributed by atoms with Crippen LogP contribution in [0.25, 0.3) is 0 Å². The van der Waals surface area contributed by atoms with Crippen molar-refractivity contribution in [3.8, 4) is 5.75 Å². The van der Waals surface area contributed by atoms with Crippen molar-refractivity contribution in [2.24, 2.45) is 0 Å². The van der Waals surface area contributed by atoms with Gasteiger partial charge in [0.05, 0.1) is 19.8 Å². The van der Waals surface area contributed by atoms with Crippen molar-refractivity contribution in [1.82, 2.24) is 4.90 Å². The smallest absolute Gasteiger partial charge is 0.260 e. The van der Waals surface area contributed by atoms with Gasteiger partial charge in [0.25, 0.3) is 5.91 Å². The molecule has 21 heavy (non-hydrogen) atoms. The molecule has 1 spiro atoms. The molecule has 0 aromatic heterocycles. The summed E-state index contributed by atoms with van der Waals surface area (Å²) in [6, 6.07) is 7.00. The van der Waals surface area contributed by atoms with E-state index in [0.717, 1.165) is 19.4 Å². The van der Waals surface area contributed by atoms with Gasteiger partial charge < -0.3 is 24.8 Å². The van der Waals surface area contributed by atoms with Gasteiger partial charge in [0.1, 0.15) is 5.75 Å². The first-order valence-corrected chi connectivity index (χ1v) is 7.21. The van der Waals surface area contributed by atoms with E-state index >= 15 is 0 Å². The van der Waals surface area contributed by atoms with Crippen molar-refractivity contribution in [3.05, 3.63) is 24.3 Å². The van der Waals surface area contributed by atoms with E-state index in [9.17, 15) is 4.79 Å². The van der Waals surface area contributed by atoms with E-state index in [1.807, 2.05) is 0 Å². The maximum absolute atomic E-state index is 12.2. The highest BCUT2D eigenvalue weighted by atomic mass is 16.7. The van der Waals surface area contributed by atoms with Gasteiger partial charge in [-0.25, -0.2) is 0 Å². The molecule has 2 fully saturated rings. The Kier molecular flexibility index (Phi) is 3.98. The predicted molar refractivity (Wildman–Crippen MR) is 76.8 cm³/mol. The van der Waals surface area contributed by atoms with Crippen molar-refractivity contribution in [2.45, 2.75) is 18.6 Å². The quantitative estimate of drug-likeness (QED) is 0.842. The minimum absolute atomic E-state index is 0.0139. The third-order valence-electron chi connectivity index (χ3n) is 3.83. The van der Waals surface area contributed by atoms with Gasteiger partial charge in [0.15, 0.2) is 12.4 Å². The number of hydrogen-bond donors (Lipinski definition) is 1. The van der Waals surface area contributed by atoms with Crippen LogP contribution in [0.3, 0.4) is 0 Å². The van der Waals surface area contributed by atoms with Gasteiger partial charge in [0.2, 0.25) is 0 Å². The van der Waals surface area contributed by atoms with Gasteiger partial charge in [-0.05, 0) is 30.7 Å². The Balaban J connectivity index is 1.54. The molecule has 0 unspecified atom stereocenters. The number of carbonyl (C=O) groups excluding carboxylic acids is 1. The van der Waals surface area contributed by atoms with Crippen LogP contribution >= 0.6 is 0 Å². The zero-order valence-electron chi connectivity index (χ0n) is 11.9. The maximum atomic E-state index is 12.2. The minimum Gasteiger partial charge on any atom is -0.484 e. The third-order valence-corrected chi connectivity index (χ3v) is 3.83. The molecule has 0 aliphatic carbocycles. The second-order valence-corrected chi connectivity index (χ2v) is 5.38. The standard InChI is InChI=1S/C15H20N2O4/c16-12-2-4-13(5-3-12)19-10-14(18)17-7-1-6-15(11-17)20-8-9-21-15/h2-5H,1,6-11,16H2. The molecule has 0 saturated carbocycles. The molecule has 1 aromatic rings. The van der Waals surface area contributed by atoms with Crippen LogP contribution in [0.4, 0.5) is 5.69 Å². The van der Waals surface area contributed by atoms with E-state index in [1.54, 1.807) is 29.2 Å². The summed E-state index contributed by atoms with van der Waals surface area (Å²) in [7, 11) is 0. The molecule has 0 radical (unpaired) electrons. The van der Waals surface area contributed by atoms with Crippen LogP contribution in [0.1, 0.15) is 12.8 Å². The van der Waals surface area contributed by atoms with Crippen LogP contribution in [0, 0.1) is 0 Å². The topological polar surface area (TPSA) is 74.0 Å². The summed E-state index contributed by atoms with van der Waals surface area (Å²) in [6.45, 7) is 2.42. The lowest BCUT2D eigenvalue weighted by Crippen LogP contribution is -2.52. The van der Waals surface area contributed by atoms with Crippen molar-refractivity contribution in [1.29, 1.82) is 0 Å². The van der Waals surface area contributed by atoms with Gasteiger partial charge in [-0.1, -0.05) is 0 Å². The number of nitrogens with two attached hydrogens (primary N) is 1. The van der Waals surface area contributed by atoms with E-state index in [2.05, 4.69) is 0 Å². The van der Waals surface area contributed by atoms with Crippen molar-refractivity contribution < 1.29 is 19.0 Å². The molecule has 2 aliphatic heterocycles. The largest absolute Gasteiger partial charge is 0.484 e. The molecule has 2 aliphatic rings. The predicted octanol–water partition coefficient (Wildman–Crippen LogP) is 1.01. The summed E-state index contributed by atoms with van der Waals surface area (Å²) >= 11 is 0. The lowest BCUT2D eigenvalue weighted by Gasteiger charge is -2.38. The Labute approximate surface area is 123 Å². The van der Waals surface area contributed by atoms with Gasteiger partial charge in [-0.3, -0.25) is 4.79 Å². The second kappa shape index (κ2) is 5.91. The lowest BCUT2D eigenvalue weighted by atomic mass is 10.0. The van der Waals surface area contributed by atoms with E-state index in [0.29, 0.717) is 31.2 Å². The summed E-state index contributed by atoms with van der Waals surface area (Å²) < 4.78 is 16.8. The van der Waals surface area contributed by atoms with Gasteiger partial charge in [0, 0.05) is 18.7 Å². The molecular formula is C15H20N2O4. The van der Waals surface area contributed by atoms with Crippen LogP contribution < -0.4 is 10.5 Å². The average molecular weight is 292 g/mol. The summed E-state index contributed by atoms with van der Waals surface area (Å²) in [4.78, 5) is 14.0. The van der Waals surface area contributed by atoms with E-state index in [1.165, 1.54) is 0 Å². The monoisotopic (exact) mass is 292 g/mol. The molecule has 6 nitrogen and oxygen atoms in total. The Morgan fingerprint density at radius 3 is 2.71 bits per heavy atom. The van der Waals surface area contributed by atoms with Crippen LogP contribution in [0.2, 0.25) is 0 Å². The number of rotatable bonds is 3. The second-order valence-electron chi connectivity index (χ2n) is 5.38. The van der Waals surface area contributed by atoms with Crippen LogP contribution in [-0.4, -0.2) is 49.5 Å². The van der Waals surface area contributed by atoms with Crippen molar-refractivity contribution >= 4 is 11.6 Å². The first kappa shape index (κ1) is 14.2. The number of amides is 1. The molecule has 0 atom stereocenters. The average Bonchev–Trinajstić information content (AvgIpc) is 2.94.